The van der Waals surface area contributed by atoms with Crippen LogP contribution in [0.4, 0.5) is 16.2 Å². The van der Waals surface area contributed by atoms with Gasteiger partial charge in [-0.2, -0.15) is 0 Å². The van der Waals surface area contributed by atoms with E-state index < -0.39 is 12.1 Å². The van der Waals surface area contributed by atoms with Gasteiger partial charge in [-0.3, -0.25) is 9.79 Å². The number of ether oxygens (including phenoxy) is 1. The maximum atomic E-state index is 13.5. The molecule has 1 aliphatic heterocycles. The number of amides is 2. The molecule has 1 aliphatic carbocycles. The van der Waals surface area contributed by atoms with Gasteiger partial charge in [-0.25, -0.2) is 9.78 Å². The number of unbranched alkanes of at least 4 members (excludes halogenated alkanes) is 1. The molecule has 4 aromatic rings. The van der Waals surface area contributed by atoms with Gasteiger partial charge in [-0.05, 0) is 89.0 Å². The minimum absolute atomic E-state index is 0.0107. The molecule has 47 heavy (non-hydrogen) atoms. The highest BCUT2D eigenvalue weighted by Gasteiger charge is 2.42. The van der Waals surface area contributed by atoms with Crippen molar-refractivity contribution in [3.05, 3.63) is 54.5 Å². The van der Waals surface area contributed by atoms with Crippen LogP contribution in [0.15, 0.2) is 53.7 Å². The number of aromatic amines is 1. The van der Waals surface area contributed by atoms with Crippen LogP contribution < -0.4 is 16.0 Å². The summed E-state index contributed by atoms with van der Waals surface area (Å²) in [4.78, 5) is 39.6. The number of nitrogens with one attached hydrogen (secondary N) is 4. The lowest BCUT2D eigenvalue weighted by Gasteiger charge is -2.29. The van der Waals surface area contributed by atoms with Crippen LogP contribution in [0.2, 0.25) is 0 Å². The number of likely N-dealkylation sites (tertiary alicyclic amines) is 1. The smallest absolute Gasteiger partial charge is 0.407 e. The van der Waals surface area contributed by atoms with E-state index in [0.29, 0.717) is 18.8 Å². The number of methoxy groups -OCH3 is 1. The third-order valence-corrected chi connectivity index (χ3v) is 9.09. The first-order valence-corrected chi connectivity index (χ1v) is 16.4. The van der Waals surface area contributed by atoms with Crippen molar-refractivity contribution in [1.82, 2.24) is 35.7 Å². The van der Waals surface area contributed by atoms with Crippen molar-refractivity contribution < 1.29 is 14.3 Å². The fraction of sp³-hybridized carbons (Fsp3) is 0.429. The molecular weight excluding hydrogens is 594 g/mol. The van der Waals surface area contributed by atoms with Crippen molar-refractivity contribution in [2.24, 2.45) is 10.9 Å². The Balaban J connectivity index is 1.14. The average molecular weight is 638 g/mol. The lowest BCUT2D eigenvalue weighted by molar-refractivity contribution is -0.134. The second-order valence-electron chi connectivity index (χ2n) is 12.4. The van der Waals surface area contributed by atoms with Crippen molar-refractivity contribution in [2.45, 2.75) is 57.0 Å². The summed E-state index contributed by atoms with van der Waals surface area (Å²) in [6.07, 6.45) is 8.07. The summed E-state index contributed by atoms with van der Waals surface area (Å²) in [5, 5.41) is 19.6. The second-order valence-corrected chi connectivity index (χ2v) is 12.4. The minimum atomic E-state index is -0.571. The minimum Gasteiger partial charge on any atom is -0.453 e. The predicted molar refractivity (Wildman–Crippen MR) is 184 cm³/mol. The number of carbonyl (C=O) groups excluding carboxylic acids is 2. The first kappa shape index (κ1) is 32.1. The van der Waals surface area contributed by atoms with Crippen LogP contribution in [0.25, 0.3) is 33.4 Å². The number of H-pyrrole nitrogens is 1. The fourth-order valence-electron chi connectivity index (χ4n) is 6.29. The first-order valence-electron chi connectivity index (χ1n) is 16.4. The Labute approximate surface area is 274 Å². The van der Waals surface area contributed by atoms with E-state index in [0.717, 1.165) is 96.4 Å². The normalized spacial score (nSPS) is 16.6. The zero-order valence-corrected chi connectivity index (χ0v) is 27.1. The van der Waals surface area contributed by atoms with Crippen molar-refractivity contribution in [3.8, 4) is 22.5 Å². The number of hydrogen-bond acceptors (Lipinski definition) is 9. The molecule has 2 fully saturated rings. The lowest BCUT2D eigenvalue weighted by Crippen LogP contribution is -2.52. The molecule has 1 saturated heterocycles. The topological polar surface area (TPSA) is 150 Å². The zero-order chi connectivity index (χ0) is 32.8. The van der Waals surface area contributed by atoms with E-state index in [1.54, 1.807) is 0 Å². The number of nitrogens with zero attached hydrogens (tertiary/aromatic N) is 5. The highest BCUT2D eigenvalue weighted by Crippen LogP contribution is 2.35. The van der Waals surface area contributed by atoms with Crippen molar-refractivity contribution in [3.63, 3.8) is 0 Å². The number of fused-ring (bicyclic) bond motifs is 1. The molecule has 2 aromatic heterocycles. The third-order valence-electron chi connectivity index (χ3n) is 9.09. The maximum Gasteiger partial charge on any atom is 0.407 e. The number of hydrogen-bond donors (Lipinski definition) is 4. The van der Waals surface area contributed by atoms with Crippen molar-refractivity contribution in [1.29, 1.82) is 0 Å². The quantitative estimate of drug-likeness (QED) is 0.110. The largest absolute Gasteiger partial charge is 0.453 e. The van der Waals surface area contributed by atoms with E-state index in [1.807, 2.05) is 48.5 Å². The molecule has 2 aromatic carbocycles. The molecular formula is C35H43N9O3. The lowest BCUT2D eigenvalue weighted by atomic mass is 10.1. The standard InChI is InChI=1S/C35H43N9O3/c1-36-15-5-4-8-32-39-21-31(40-32)25-12-11-23-17-28(42-43-29(23)18-25)24-13-14-27(37-2)30(19-24)38-20-26-7-6-16-44(26)34(45)33(22-9-10-22)41-35(46)47-3/h11-14,17-19,21-22,26,33,36,38H,2,4-10,15-16,20H2,1,3H3,(H,39,40)(H,41,46). The monoisotopic (exact) mass is 637 g/mol. The van der Waals surface area contributed by atoms with Gasteiger partial charge in [0.25, 0.3) is 0 Å². The van der Waals surface area contributed by atoms with Crippen LogP contribution >= 0.6 is 0 Å². The van der Waals surface area contributed by atoms with Crippen LogP contribution in [0, 0.1) is 5.92 Å². The van der Waals surface area contributed by atoms with Crippen LogP contribution in [-0.2, 0) is 16.0 Å². The summed E-state index contributed by atoms with van der Waals surface area (Å²) in [7, 11) is 3.29. The Morgan fingerprint density at radius 2 is 1.96 bits per heavy atom. The molecule has 2 amide bonds. The molecule has 2 atom stereocenters. The first-order chi connectivity index (χ1) is 23.0. The number of aliphatic imine (C=N–C) groups is 1. The Kier molecular flexibility index (Phi) is 10.1. The molecule has 12 nitrogen and oxygen atoms in total. The number of aromatic nitrogens is 4. The molecule has 2 unspecified atom stereocenters. The molecule has 0 spiro atoms. The van der Waals surface area contributed by atoms with Crippen LogP contribution in [-0.4, -0.2) is 89.7 Å². The second kappa shape index (κ2) is 14.7. The molecule has 0 radical (unpaired) electrons. The van der Waals surface area contributed by atoms with Crippen LogP contribution in [0.5, 0.6) is 0 Å². The summed E-state index contributed by atoms with van der Waals surface area (Å²) < 4.78 is 4.78. The van der Waals surface area contributed by atoms with E-state index in [-0.39, 0.29) is 17.9 Å². The van der Waals surface area contributed by atoms with Gasteiger partial charge >= 0.3 is 6.09 Å². The molecule has 1 saturated carbocycles. The molecule has 246 valence electrons. The Hall–Kier alpha value is -4.84. The van der Waals surface area contributed by atoms with Crippen molar-refractivity contribution in [2.75, 3.05) is 39.1 Å². The van der Waals surface area contributed by atoms with Crippen LogP contribution in [0.3, 0.4) is 0 Å². The highest BCUT2D eigenvalue weighted by molar-refractivity contribution is 5.88. The third kappa shape index (κ3) is 7.60. The van der Waals surface area contributed by atoms with E-state index in [4.69, 9.17) is 4.74 Å². The number of carbonyl (C=O) groups is 2. The van der Waals surface area contributed by atoms with Gasteiger partial charge < -0.3 is 30.6 Å². The van der Waals surface area contributed by atoms with E-state index in [2.05, 4.69) is 60.0 Å². The van der Waals surface area contributed by atoms with E-state index >= 15 is 0 Å². The van der Waals surface area contributed by atoms with Gasteiger partial charge in [0.15, 0.2) is 0 Å². The number of aryl methyl sites for hydroxylation is 1. The van der Waals surface area contributed by atoms with Gasteiger partial charge in [-0.1, -0.05) is 18.2 Å². The number of benzene rings is 2. The number of imidazole rings is 1. The highest BCUT2D eigenvalue weighted by atomic mass is 16.5. The average Bonchev–Trinajstić information content (AvgIpc) is 3.64. The molecule has 6 rings (SSSR count). The number of rotatable bonds is 14. The summed E-state index contributed by atoms with van der Waals surface area (Å²) in [5.41, 5.74) is 5.95. The van der Waals surface area contributed by atoms with Gasteiger partial charge in [0.1, 0.15) is 11.9 Å². The predicted octanol–water partition coefficient (Wildman–Crippen LogP) is 5.10. The number of anilines is 1. The van der Waals surface area contributed by atoms with Crippen LogP contribution in [0.1, 0.15) is 44.3 Å². The Morgan fingerprint density at radius 3 is 2.74 bits per heavy atom. The fourth-order valence-corrected chi connectivity index (χ4v) is 6.29. The van der Waals surface area contributed by atoms with Gasteiger partial charge in [0, 0.05) is 42.1 Å². The van der Waals surface area contributed by atoms with Gasteiger partial charge in [0.05, 0.1) is 41.6 Å². The summed E-state index contributed by atoms with van der Waals surface area (Å²) in [5.74, 6) is 1.12. The summed E-state index contributed by atoms with van der Waals surface area (Å²) >= 11 is 0. The SMILES string of the molecule is C=Nc1ccc(-c2cc3ccc(-c4cnc(CCCCNC)[nH]4)cc3nn2)cc1NCC1CCCN1C(=O)C(NC(=O)OC)C1CC1. The Morgan fingerprint density at radius 1 is 1.11 bits per heavy atom. The maximum absolute atomic E-state index is 13.5. The molecule has 0 bridgehead atoms. The molecule has 2 aliphatic rings. The van der Waals surface area contributed by atoms with Gasteiger partial charge in [-0.15, -0.1) is 10.2 Å². The molecule has 4 N–H and O–H groups in total. The number of alkyl carbamates (subject to hydrolysis) is 1. The molecule has 12 heteroatoms. The molecule has 3 heterocycles. The zero-order valence-electron chi connectivity index (χ0n) is 27.1. The summed E-state index contributed by atoms with van der Waals surface area (Å²) in [6.45, 7) is 5.97. The van der Waals surface area contributed by atoms with Crippen molar-refractivity contribution >= 4 is 41.0 Å². The summed E-state index contributed by atoms with van der Waals surface area (Å²) in [6, 6.07) is 13.5. The van der Waals surface area contributed by atoms with E-state index in [9.17, 15) is 9.59 Å². The Bertz CT molecular complexity index is 1730. The van der Waals surface area contributed by atoms with Gasteiger partial charge in [0.2, 0.25) is 5.91 Å². The van der Waals surface area contributed by atoms with E-state index in [1.165, 1.54) is 7.11 Å².